The third kappa shape index (κ3) is 2.20. The summed E-state index contributed by atoms with van der Waals surface area (Å²) in [6, 6.07) is 0. The van der Waals surface area contributed by atoms with E-state index >= 15 is 0 Å². The van der Waals surface area contributed by atoms with E-state index in [1.165, 1.54) is 7.11 Å². The first-order valence-electron chi connectivity index (χ1n) is 2.87. The van der Waals surface area contributed by atoms with Crippen molar-refractivity contribution in [2.75, 3.05) is 7.11 Å². The molecule has 7 nitrogen and oxygen atoms in total. The zero-order valence-electron chi connectivity index (χ0n) is 5.87. The minimum Gasteiger partial charge on any atom is -0.453 e. The minimum atomic E-state index is -0.519. The van der Waals surface area contributed by atoms with Crippen molar-refractivity contribution in [3.05, 3.63) is 5.82 Å². The Labute approximate surface area is 62.1 Å². The van der Waals surface area contributed by atoms with Crippen LogP contribution in [0.15, 0.2) is 0 Å². The molecule has 1 heterocycles. The molecule has 2 N–H and O–H groups in total. The molecule has 60 valence electrons. The van der Waals surface area contributed by atoms with Gasteiger partial charge in [0.2, 0.25) is 0 Å². The molecule has 0 atom stereocenters. The molecule has 0 saturated carbocycles. The van der Waals surface area contributed by atoms with Crippen LogP contribution in [0.1, 0.15) is 5.82 Å². The van der Waals surface area contributed by atoms with Gasteiger partial charge in [-0.2, -0.15) is 5.21 Å². The van der Waals surface area contributed by atoms with Crippen LogP contribution in [0.3, 0.4) is 0 Å². The van der Waals surface area contributed by atoms with Gasteiger partial charge in [-0.05, 0) is 0 Å². The minimum absolute atomic E-state index is 0.211. The van der Waals surface area contributed by atoms with Crippen LogP contribution in [0.5, 0.6) is 0 Å². The highest BCUT2D eigenvalue weighted by molar-refractivity contribution is 5.66. The summed E-state index contributed by atoms with van der Waals surface area (Å²) in [6.07, 6.45) is -0.519. The van der Waals surface area contributed by atoms with E-state index in [4.69, 9.17) is 0 Å². The second-order valence-electron chi connectivity index (χ2n) is 1.67. The van der Waals surface area contributed by atoms with E-state index in [2.05, 4.69) is 30.7 Å². The third-order valence-electron chi connectivity index (χ3n) is 0.965. The Morgan fingerprint density at radius 1 is 1.82 bits per heavy atom. The summed E-state index contributed by atoms with van der Waals surface area (Å²) in [5.41, 5.74) is 0. The smallest absolute Gasteiger partial charge is 0.407 e. The van der Waals surface area contributed by atoms with Gasteiger partial charge in [-0.15, -0.1) is 10.2 Å². The van der Waals surface area contributed by atoms with E-state index < -0.39 is 6.09 Å². The predicted molar refractivity (Wildman–Crippen MR) is 33.4 cm³/mol. The summed E-state index contributed by atoms with van der Waals surface area (Å²) in [5, 5.41) is 15.1. The molecule has 1 amide bonds. The third-order valence-corrected chi connectivity index (χ3v) is 0.965. The molecule has 11 heavy (non-hydrogen) atoms. The van der Waals surface area contributed by atoms with Gasteiger partial charge >= 0.3 is 6.09 Å². The monoisotopic (exact) mass is 157 g/mol. The zero-order chi connectivity index (χ0) is 8.10. The van der Waals surface area contributed by atoms with E-state index in [-0.39, 0.29) is 6.54 Å². The molecular weight excluding hydrogens is 150 g/mol. The Morgan fingerprint density at radius 2 is 2.64 bits per heavy atom. The van der Waals surface area contributed by atoms with Crippen LogP contribution in [0.4, 0.5) is 4.79 Å². The van der Waals surface area contributed by atoms with Gasteiger partial charge in [0.1, 0.15) is 0 Å². The molecule has 0 saturated heterocycles. The van der Waals surface area contributed by atoms with Gasteiger partial charge < -0.3 is 10.1 Å². The van der Waals surface area contributed by atoms with Gasteiger partial charge in [-0.3, -0.25) is 0 Å². The first kappa shape index (κ1) is 7.45. The van der Waals surface area contributed by atoms with E-state index in [1.54, 1.807) is 0 Å². The number of amides is 1. The van der Waals surface area contributed by atoms with Gasteiger partial charge in [-0.1, -0.05) is 5.21 Å². The SMILES string of the molecule is COC(=O)NCc1nn[nH]n1. The lowest BCUT2D eigenvalue weighted by molar-refractivity contribution is 0.170. The van der Waals surface area contributed by atoms with Crippen LogP contribution in [0.2, 0.25) is 0 Å². The van der Waals surface area contributed by atoms with Crippen LogP contribution in [-0.2, 0) is 11.3 Å². The molecule has 0 aliphatic carbocycles. The lowest BCUT2D eigenvalue weighted by Gasteiger charge is -1.97. The van der Waals surface area contributed by atoms with Crippen LogP contribution in [0, 0.1) is 0 Å². The molecule has 0 fully saturated rings. The second-order valence-corrected chi connectivity index (χ2v) is 1.67. The lowest BCUT2D eigenvalue weighted by Crippen LogP contribution is -2.22. The van der Waals surface area contributed by atoms with Gasteiger partial charge in [0.25, 0.3) is 0 Å². The number of H-pyrrole nitrogens is 1. The molecule has 1 aromatic rings. The molecule has 1 aromatic heterocycles. The maximum atomic E-state index is 10.5. The number of tetrazole rings is 1. The Morgan fingerprint density at radius 3 is 3.18 bits per heavy atom. The van der Waals surface area contributed by atoms with Crippen molar-refractivity contribution in [3.63, 3.8) is 0 Å². The molecule has 0 spiro atoms. The number of nitrogens with one attached hydrogen (secondary N) is 2. The number of carbonyl (C=O) groups excluding carboxylic acids is 1. The average Bonchev–Trinajstić information content (AvgIpc) is 2.52. The maximum absolute atomic E-state index is 10.5. The Hall–Kier alpha value is -1.66. The molecular formula is C4H7N5O2. The summed E-state index contributed by atoms with van der Waals surface area (Å²) in [7, 11) is 1.28. The fourth-order valence-electron chi connectivity index (χ4n) is 0.481. The molecule has 0 bridgehead atoms. The standard InChI is InChI=1S/C4H7N5O2/c1-11-4(10)5-2-3-6-8-9-7-3/h2H2,1H3,(H,5,10)(H,6,7,8,9). The van der Waals surface area contributed by atoms with Crippen molar-refractivity contribution in [2.24, 2.45) is 0 Å². The molecule has 0 aromatic carbocycles. The van der Waals surface area contributed by atoms with Crippen LogP contribution in [0.25, 0.3) is 0 Å². The van der Waals surface area contributed by atoms with E-state index in [0.717, 1.165) is 0 Å². The highest BCUT2D eigenvalue weighted by Crippen LogP contribution is 1.81. The normalized spacial score (nSPS) is 9.18. The van der Waals surface area contributed by atoms with E-state index in [0.29, 0.717) is 5.82 Å². The second kappa shape index (κ2) is 3.49. The van der Waals surface area contributed by atoms with Crippen LogP contribution >= 0.6 is 0 Å². The van der Waals surface area contributed by atoms with Crippen molar-refractivity contribution >= 4 is 6.09 Å². The fourth-order valence-corrected chi connectivity index (χ4v) is 0.481. The van der Waals surface area contributed by atoms with Crippen molar-refractivity contribution in [2.45, 2.75) is 6.54 Å². The Balaban J connectivity index is 2.29. The number of aromatic nitrogens is 4. The summed E-state index contributed by atoms with van der Waals surface area (Å²) in [6.45, 7) is 0.211. The van der Waals surface area contributed by atoms with Gasteiger partial charge in [-0.25, -0.2) is 4.79 Å². The topological polar surface area (TPSA) is 92.8 Å². The first-order valence-corrected chi connectivity index (χ1v) is 2.87. The molecule has 0 aliphatic rings. The van der Waals surface area contributed by atoms with Crippen molar-refractivity contribution in [1.82, 2.24) is 25.9 Å². The Kier molecular flexibility index (Phi) is 2.37. The van der Waals surface area contributed by atoms with Crippen molar-refractivity contribution in [1.29, 1.82) is 0 Å². The lowest BCUT2D eigenvalue weighted by atomic mass is 10.6. The summed E-state index contributed by atoms with van der Waals surface area (Å²) >= 11 is 0. The molecule has 0 radical (unpaired) electrons. The number of alkyl carbamates (subject to hydrolysis) is 1. The van der Waals surface area contributed by atoms with Gasteiger partial charge in [0, 0.05) is 0 Å². The predicted octanol–water partition coefficient (Wildman–Crippen LogP) is -0.944. The number of ether oxygens (including phenoxy) is 1. The number of hydrogen-bond acceptors (Lipinski definition) is 5. The first-order chi connectivity index (χ1) is 5.33. The van der Waals surface area contributed by atoms with E-state index in [9.17, 15) is 4.79 Å². The van der Waals surface area contributed by atoms with Gasteiger partial charge in [0.05, 0.1) is 13.7 Å². The molecule has 7 heteroatoms. The molecule has 0 aliphatic heterocycles. The highest BCUT2D eigenvalue weighted by Gasteiger charge is 2.00. The van der Waals surface area contributed by atoms with Gasteiger partial charge in [0.15, 0.2) is 5.82 Å². The number of methoxy groups -OCH3 is 1. The van der Waals surface area contributed by atoms with Crippen molar-refractivity contribution < 1.29 is 9.53 Å². The number of hydrogen-bond donors (Lipinski definition) is 2. The molecule has 1 rings (SSSR count). The van der Waals surface area contributed by atoms with E-state index in [1.807, 2.05) is 0 Å². The Bertz CT molecular complexity index is 220. The van der Waals surface area contributed by atoms with Crippen LogP contribution < -0.4 is 5.32 Å². The fraction of sp³-hybridized carbons (Fsp3) is 0.500. The number of aromatic amines is 1. The summed E-state index contributed by atoms with van der Waals surface area (Å²) in [4.78, 5) is 10.5. The summed E-state index contributed by atoms with van der Waals surface area (Å²) < 4.78 is 4.31. The van der Waals surface area contributed by atoms with Crippen molar-refractivity contribution in [3.8, 4) is 0 Å². The average molecular weight is 157 g/mol. The zero-order valence-corrected chi connectivity index (χ0v) is 5.87. The summed E-state index contributed by atoms with van der Waals surface area (Å²) in [5.74, 6) is 0.412. The number of rotatable bonds is 2. The molecule has 0 unspecified atom stereocenters. The number of nitrogens with zero attached hydrogens (tertiary/aromatic N) is 3. The highest BCUT2D eigenvalue weighted by atomic mass is 16.5. The van der Waals surface area contributed by atoms with Crippen LogP contribution in [-0.4, -0.2) is 33.8 Å². The largest absolute Gasteiger partial charge is 0.453 e. The maximum Gasteiger partial charge on any atom is 0.407 e. The number of carbonyl (C=O) groups is 1. The quantitative estimate of drug-likeness (QED) is 0.577.